The Morgan fingerprint density at radius 2 is 1.93 bits per heavy atom. The minimum Gasteiger partial charge on any atom is -0.322 e. The summed E-state index contributed by atoms with van der Waals surface area (Å²) in [4.78, 5) is 18.5. The molecule has 148 valence electrons. The zero-order valence-corrected chi connectivity index (χ0v) is 17.1. The van der Waals surface area contributed by atoms with Crippen LogP contribution in [0.15, 0.2) is 29.1 Å². The number of aryl methyl sites for hydroxylation is 1. The van der Waals surface area contributed by atoms with E-state index in [0.29, 0.717) is 5.56 Å². The monoisotopic (exact) mass is 380 g/mol. The van der Waals surface area contributed by atoms with Gasteiger partial charge in [0.25, 0.3) is 5.56 Å². The molecule has 7 nitrogen and oxygen atoms in total. The molecule has 1 aliphatic heterocycles. The van der Waals surface area contributed by atoms with Crippen LogP contribution in [0.4, 0.5) is 0 Å². The molecule has 1 unspecified atom stereocenters. The summed E-state index contributed by atoms with van der Waals surface area (Å²) in [5, 5.41) is 13.6. The Bertz CT molecular complexity index is 1040. The zero-order chi connectivity index (χ0) is 19.9. The summed E-state index contributed by atoms with van der Waals surface area (Å²) in [6, 6.07) is 7.98. The Balaban J connectivity index is 1.91. The van der Waals surface area contributed by atoms with Gasteiger partial charge in [-0.1, -0.05) is 13.0 Å². The van der Waals surface area contributed by atoms with Crippen molar-refractivity contribution < 1.29 is 0 Å². The van der Waals surface area contributed by atoms with Gasteiger partial charge in [0.05, 0.1) is 5.54 Å². The lowest BCUT2D eigenvalue weighted by Crippen LogP contribution is -2.36. The van der Waals surface area contributed by atoms with Gasteiger partial charge >= 0.3 is 0 Å². The van der Waals surface area contributed by atoms with Crippen molar-refractivity contribution in [2.75, 3.05) is 13.1 Å². The summed E-state index contributed by atoms with van der Waals surface area (Å²) in [5.41, 5.74) is 2.49. The number of nitrogens with one attached hydrogen (secondary N) is 1. The highest BCUT2D eigenvalue weighted by atomic mass is 16.1. The minimum absolute atomic E-state index is 0.0721. The van der Waals surface area contributed by atoms with Crippen molar-refractivity contribution in [2.45, 2.75) is 58.5 Å². The molecule has 1 aromatic carbocycles. The van der Waals surface area contributed by atoms with E-state index in [1.54, 1.807) is 0 Å². The van der Waals surface area contributed by atoms with Gasteiger partial charge in [0, 0.05) is 11.1 Å². The lowest BCUT2D eigenvalue weighted by atomic mass is 10.0. The van der Waals surface area contributed by atoms with Gasteiger partial charge in [-0.15, -0.1) is 5.10 Å². The lowest BCUT2D eigenvalue weighted by Gasteiger charge is -2.29. The van der Waals surface area contributed by atoms with Gasteiger partial charge in [0.1, 0.15) is 6.04 Å². The normalized spacial score (nSPS) is 16.7. The molecule has 0 spiro atoms. The Hall–Kier alpha value is -2.54. The fourth-order valence-corrected chi connectivity index (χ4v) is 4.04. The molecule has 0 saturated carbocycles. The van der Waals surface area contributed by atoms with E-state index in [-0.39, 0.29) is 17.1 Å². The highest BCUT2D eigenvalue weighted by Gasteiger charge is 2.34. The average Bonchev–Trinajstić information content (AvgIpc) is 3.34. The predicted molar refractivity (Wildman–Crippen MR) is 109 cm³/mol. The Morgan fingerprint density at radius 1 is 1.18 bits per heavy atom. The van der Waals surface area contributed by atoms with Crippen LogP contribution < -0.4 is 5.56 Å². The van der Waals surface area contributed by atoms with Gasteiger partial charge < -0.3 is 4.98 Å². The molecule has 1 saturated heterocycles. The molecular weight excluding hydrogens is 352 g/mol. The fourth-order valence-electron chi connectivity index (χ4n) is 4.04. The van der Waals surface area contributed by atoms with E-state index in [1.807, 2.05) is 16.8 Å². The second-order valence-electron chi connectivity index (χ2n) is 8.59. The molecule has 7 heteroatoms. The van der Waals surface area contributed by atoms with Crippen LogP contribution in [-0.2, 0) is 12.0 Å². The van der Waals surface area contributed by atoms with Crippen LogP contribution in [0.25, 0.3) is 10.9 Å². The molecule has 0 bridgehead atoms. The molecular formula is C21H28N6O. The predicted octanol–water partition coefficient (Wildman–Crippen LogP) is 3.02. The second-order valence-corrected chi connectivity index (χ2v) is 8.59. The highest BCUT2D eigenvalue weighted by Crippen LogP contribution is 2.31. The number of nitrogens with zero attached hydrogens (tertiary/aromatic N) is 5. The summed E-state index contributed by atoms with van der Waals surface area (Å²) < 4.78 is 1.85. The number of hydrogen-bond acceptors (Lipinski definition) is 5. The maximum absolute atomic E-state index is 13.1. The number of aromatic nitrogens is 5. The van der Waals surface area contributed by atoms with E-state index in [4.69, 9.17) is 0 Å². The zero-order valence-electron chi connectivity index (χ0n) is 17.1. The fraction of sp³-hybridized carbons (Fsp3) is 0.524. The first-order valence-electron chi connectivity index (χ1n) is 10.1. The van der Waals surface area contributed by atoms with E-state index in [0.717, 1.165) is 49.1 Å². The molecule has 4 rings (SSSR count). The molecule has 2 aromatic heterocycles. The number of rotatable bonds is 4. The second kappa shape index (κ2) is 7.13. The third-order valence-corrected chi connectivity index (χ3v) is 5.52. The van der Waals surface area contributed by atoms with Gasteiger partial charge in [0.2, 0.25) is 0 Å². The summed E-state index contributed by atoms with van der Waals surface area (Å²) in [6.45, 7) is 10.2. The lowest BCUT2D eigenvalue weighted by molar-refractivity contribution is 0.241. The standard InChI is InChI=1S/C21H28N6O/c1-5-14-8-9-17-15(12-14)13-16(20(28)22-17)18(26-10-6-7-11-26)19-23-24-25-27(19)21(2,3)4/h8-9,12-13,18H,5-7,10-11H2,1-4H3,(H,22,28). The van der Waals surface area contributed by atoms with E-state index < -0.39 is 0 Å². The third-order valence-electron chi connectivity index (χ3n) is 5.52. The number of H-pyrrole nitrogens is 1. The topological polar surface area (TPSA) is 79.7 Å². The maximum Gasteiger partial charge on any atom is 0.253 e. The first kappa shape index (κ1) is 18.8. The molecule has 1 atom stereocenters. The van der Waals surface area contributed by atoms with E-state index >= 15 is 0 Å². The van der Waals surface area contributed by atoms with Crippen molar-refractivity contribution in [3.63, 3.8) is 0 Å². The van der Waals surface area contributed by atoms with E-state index in [1.165, 1.54) is 5.56 Å². The number of likely N-dealkylation sites (tertiary alicyclic amines) is 1. The van der Waals surface area contributed by atoms with E-state index in [9.17, 15) is 4.79 Å². The van der Waals surface area contributed by atoms with Crippen LogP contribution in [0.2, 0.25) is 0 Å². The molecule has 28 heavy (non-hydrogen) atoms. The first-order chi connectivity index (χ1) is 13.4. The molecule has 0 amide bonds. The molecule has 1 fully saturated rings. The van der Waals surface area contributed by atoms with Crippen molar-refractivity contribution in [3.05, 3.63) is 51.6 Å². The quantitative estimate of drug-likeness (QED) is 0.753. The smallest absolute Gasteiger partial charge is 0.253 e. The third kappa shape index (κ3) is 3.35. The van der Waals surface area contributed by atoms with Gasteiger partial charge in [-0.3, -0.25) is 9.69 Å². The van der Waals surface area contributed by atoms with Crippen molar-refractivity contribution in [2.24, 2.45) is 0 Å². The Labute approximate surface area is 164 Å². The van der Waals surface area contributed by atoms with Crippen LogP contribution in [0.1, 0.15) is 63.5 Å². The molecule has 1 aliphatic rings. The molecule has 3 aromatic rings. The summed E-state index contributed by atoms with van der Waals surface area (Å²) in [5.74, 6) is 0.728. The number of aromatic amines is 1. The maximum atomic E-state index is 13.1. The number of fused-ring (bicyclic) bond motifs is 1. The van der Waals surface area contributed by atoms with Crippen LogP contribution in [0.5, 0.6) is 0 Å². The van der Waals surface area contributed by atoms with Crippen molar-refractivity contribution in [1.29, 1.82) is 0 Å². The SMILES string of the molecule is CCc1ccc2[nH]c(=O)c(C(c3nnnn3C(C)(C)C)N3CCCC3)cc2c1. The van der Waals surface area contributed by atoms with Crippen LogP contribution in [0.3, 0.4) is 0 Å². The molecule has 1 N–H and O–H groups in total. The van der Waals surface area contributed by atoms with Crippen molar-refractivity contribution in [3.8, 4) is 0 Å². The minimum atomic E-state index is -0.268. The molecule has 0 aliphatic carbocycles. The number of benzene rings is 1. The summed E-state index contributed by atoms with van der Waals surface area (Å²) >= 11 is 0. The van der Waals surface area contributed by atoms with Gasteiger partial charge in [-0.2, -0.15) is 0 Å². The molecule has 0 radical (unpaired) electrons. The van der Waals surface area contributed by atoms with Gasteiger partial charge in [0.15, 0.2) is 5.82 Å². The van der Waals surface area contributed by atoms with Crippen molar-refractivity contribution >= 4 is 10.9 Å². The Kier molecular flexibility index (Phi) is 4.79. The van der Waals surface area contributed by atoms with E-state index in [2.05, 4.69) is 65.2 Å². The first-order valence-corrected chi connectivity index (χ1v) is 10.1. The number of tetrazole rings is 1. The Morgan fingerprint density at radius 3 is 2.61 bits per heavy atom. The van der Waals surface area contributed by atoms with Crippen LogP contribution >= 0.6 is 0 Å². The average molecular weight is 380 g/mol. The van der Waals surface area contributed by atoms with Crippen LogP contribution in [0, 0.1) is 0 Å². The summed E-state index contributed by atoms with van der Waals surface area (Å²) in [7, 11) is 0. The van der Waals surface area contributed by atoms with Gasteiger partial charge in [-0.25, -0.2) is 4.68 Å². The summed E-state index contributed by atoms with van der Waals surface area (Å²) in [6.07, 6.45) is 3.21. The van der Waals surface area contributed by atoms with Gasteiger partial charge in [-0.05, 0) is 92.7 Å². The molecule has 3 heterocycles. The van der Waals surface area contributed by atoms with Crippen LogP contribution in [-0.4, -0.2) is 43.2 Å². The largest absolute Gasteiger partial charge is 0.322 e. The highest BCUT2D eigenvalue weighted by molar-refractivity contribution is 5.80. The number of hydrogen-bond donors (Lipinski definition) is 1. The number of pyridine rings is 1. The van der Waals surface area contributed by atoms with Crippen molar-refractivity contribution in [1.82, 2.24) is 30.1 Å².